The minimum atomic E-state index is 0.161. The number of hydrogen-bond donors (Lipinski definition) is 0. The summed E-state index contributed by atoms with van der Waals surface area (Å²) in [4.78, 5) is 19.1. The number of likely N-dealkylation sites (tertiary alicyclic amines) is 1. The highest BCUT2D eigenvalue weighted by molar-refractivity contribution is 5.77. The second-order valence-corrected chi connectivity index (χ2v) is 7.10. The van der Waals surface area contributed by atoms with Crippen LogP contribution in [-0.2, 0) is 4.79 Å². The van der Waals surface area contributed by atoms with E-state index < -0.39 is 0 Å². The first kappa shape index (κ1) is 18.4. The Balaban J connectivity index is 1.62. The van der Waals surface area contributed by atoms with E-state index in [1.165, 1.54) is 17.5 Å². The minimum absolute atomic E-state index is 0.161. The van der Waals surface area contributed by atoms with Gasteiger partial charge in [0.05, 0.1) is 19.1 Å². The van der Waals surface area contributed by atoms with Gasteiger partial charge in [0.25, 0.3) is 0 Å². The summed E-state index contributed by atoms with van der Waals surface area (Å²) < 4.78 is 5.87. The van der Waals surface area contributed by atoms with Gasteiger partial charge in [-0.25, -0.2) is 0 Å². The number of ether oxygens (including phenoxy) is 1. The van der Waals surface area contributed by atoms with Crippen molar-refractivity contribution in [3.63, 3.8) is 0 Å². The van der Waals surface area contributed by atoms with Crippen molar-refractivity contribution >= 4 is 5.91 Å². The summed E-state index contributed by atoms with van der Waals surface area (Å²) in [5, 5.41) is 0. The molecule has 1 aromatic carbocycles. The van der Waals surface area contributed by atoms with E-state index in [9.17, 15) is 4.79 Å². The normalized spacial score (nSPS) is 17.6. The molecule has 0 radical (unpaired) electrons. The molecule has 1 saturated heterocycles. The third kappa shape index (κ3) is 4.63. The van der Waals surface area contributed by atoms with Gasteiger partial charge in [-0.05, 0) is 56.0 Å². The number of nitrogens with zero attached hydrogens (tertiary/aromatic N) is 2. The maximum Gasteiger partial charge on any atom is 0.226 e. The summed E-state index contributed by atoms with van der Waals surface area (Å²) in [6.45, 7) is 5.36. The molecule has 0 spiro atoms. The van der Waals surface area contributed by atoms with Crippen LogP contribution in [0.2, 0.25) is 0 Å². The second-order valence-electron chi connectivity index (χ2n) is 7.10. The van der Waals surface area contributed by atoms with Crippen LogP contribution in [0.4, 0.5) is 0 Å². The van der Waals surface area contributed by atoms with Crippen molar-refractivity contribution in [1.29, 1.82) is 0 Å². The van der Waals surface area contributed by atoms with Gasteiger partial charge >= 0.3 is 0 Å². The fourth-order valence-corrected chi connectivity index (χ4v) is 3.69. The number of carbonyl (C=O) groups excluding carboxylic acids is 1. The van der Waals surface area contributed by atoms with E-state index in [0.29, 0.717) is 13.0 Å². The first-order chi connectivity index (χ1) is 12.6. The highest BCUT2D eigenvalue weighted by Crippen LogP contribution is 2.30. The summed E-state index contributed by atoms with van der Waals surface area (Å²) in [6.07, 6.45) is 8.48. The first-order valence-electron chi connectivity index (χ1n) is 9.54. The number of benzene rings is 1. The van der Waals surface area contributed by atoms with Crippen molar-refractivity contribution in [3.8, 4) is 5.75 Å². The molecule has 4 heteroatoms. The van der Waals surface area contributed by atoms with Crippen LogP contribution in [-0.4, -0.2) is 28.9 Å². The van der Waals surface area contributed by atoms with Crippen LogP contribution in [0.3, 0.4) is 0 Å². The zero-order valence-corrected chi connectivity index (χ0v) is 15.8. The van der Waals surface area contributed by atoms with E-state index in [0.717, 1.165) is 37.1 Å². The van der Waals surface area contributed by atoms with E-state index in [1.807, 2.05) is 48.5 Å². The van der Waals surface area contributed by atoms with Gasteiger partial charge in [-0.2, -0.15) is 0 Å². The van der Waals surface area contributed by atoms with Crippen LogP contribution in [0.15, 0.2) is 42.7 Å². The Hall–Kier alpha value is -2.36. The lowest BCUT2D eigenvalue weighted by molar-refractivity contribution is -0.134. The molecule has 138 valence electrons. The number of aryl methyl sites for hydroxylation is 2. The van der Waals surface area contributed by atoms with Crippen molar-refractivity contribution in [2.75, 3.05) is 13.2 Å². The third-order valence-corrected chi connectivity index (χ3v) is 5.07. The van der Waals surface area contributed by atoms with Gasteiger partial charge < -0.3 is 9.64 Å². The largest absolute Gasteiger partial charge is 0.493 e. The molecule has 2 heterocycles. The van der Waals surface area contributed by atoms with Gasteiger partial charge in [0.1, 0.15) is 5.75 Å². The molecule has 0 bridgehead atoms. The Labute approximate surface area is 156 Å². The molecule has 0 saturated carbocycles. The molecule has 1 unspecified atom stereocenters. The average molecular weight is 352 g/mol. The maximum absolute atomic E-state index is 12.9. The van der Waals surface area contributed by atoms with E-state index in [-0.39, 0.29) is 11.9 Å². The van der Waals surface area contributed by atoms with Crippen LogP contribution in [0.25, 0.3) is 0 Å². The Morgan fingerprint density at radius 2 is 1.96 bits per heavy atom. The van der Waals surface area contributed by atoms with Crippen LogP contribution in [0.1, 0.15) is 54.8 Å². The van der Waals surface area contributed by atoms with E-state index in [1.54, 1.807) is 0 Å². The van der Waals surface area contributed by atoms with Crippen molar-refractivity contribution in [2.24, 2.45) is 0 Å². The predicted octanol–water partition coefficient (Wildman–Crippen LogP) is 4.61. The smallest absolute Gasteiger partial charge is 0.226 e. The van der Waals surface area contributed by atoms with Gasteiger partial charge in [0, 0.05) is 18.9 Å². The van der Waals surface area contributed by atoms with Crippen LogP contribution in [0, 0.1) is 13.8 Å². The Kier molecular flexibility index (Phi) is 6.26. The number of amides is 1. The lowest BCUT2D eigenvalue weighted by atomic mass is 10.0. The van der Waals surface area contributed by atoms with Crippen molar-refractivity contribution in [2.45, 2.75) is 52.0 Å². The van der Waals surface area contributed by atoms with Crippen LogP contribution >= 0.6 is 0 Å². The second kappa shape index (κ2) is 8.84. The number of hydrogen-bond acceptors (Lipinski definition) is 3. The van der Waals surface area contributed by atoms with Gasteiger partial charge in [0.15, 0.2) is 0 Å². The molecule has 2 aromatic rings. The lowest BCUT2D eigenvalue weighted by Gasteiger charge is -2.30. The molecule has 1 amide bonds. The van der Waals surface area contributed by atoms with Crippen molar-refractivity contribution in [3.05, 3.63) is 59.4 Å². The van der Waals surface area contributed by atoms with E-state index >= 15 is 0 Å². The summed E-state index contributed by atoms with van der Waals surface area (Å²) >= 11 is 0. The SMILES string of the molecule is Cc1ccc(OCCC(=O)N2CCCCCC2c2ccncc2)c(C)c1. The molecule has 1 aliphatic heterocycles. The Morgan fingerprint density at radius 1 is 1.15 bits per heavy atom. The zero-order chi connectivity index (χ0) is 18.4. The van der Waals surface area contributed by atoms with Gasteiger partial charge in [-0.1, -0.05) is 30.5 Å². The first-order valence-corrected chi connectivity index (χ1v) is 9.54. The summed E-state index contributed by atoms with van der Waals surface area (Å²) in [5.74, 6) is 1.04. The van der Waals surface area contributed by atoms with Crippen molar-refractivity contribution in [1.82, 2.24) is 9.88 Å². The van der Waals surface area contributed by atoms with Gasteiger partial charge in [-0.3, -0.25) is 9.78 Å². The summed E-state index contributed by atoms with van der Waals surface area (Å²) in [5.41, 5.74) is 3.52. The third-order valence-electron chi connectivity index (χ3n) is 5.07. The van der Waals surface area contributed by atoms with Crippen LogP contribution in [0.5, 0.6) is 5.75 Å². The van der Waals surface area contributed by atoms with Gasteiger partial charge in [-0.15, -0.1) is 0 Å². The number of aromatic nitrogens is 1. The molecule has 0 aliphatic carbocycles. The number of pyridine rings is 1. The molecule has 3 rings (SSSR count). The molecule has 4 nitrogen and oxygen atoms in total. The molecular formula is C22H28N2O2. The fourth-order valence-electron chi connectivity index (χ4n) is 3.69. The molecule has 1 aliphatic rings. The Morgan fingerprint density at radius 3 is 2.73 bits per heavy atom. The average Bonchev–Trinajstić information content (AvgIpc) is 2.90. The highest BCUT2D eigenvalue weighted by Gasteiger charge is 2.26. The minimum Gasteiger partial charge on any atom is -0.493 e. The van der Waals surface area contributed by atoms with E-state index in [2.05, 4.69) is 18.0 Å². The molecule has 1 atom stereocenters. The molecule has 1 aromatic heterocycles. The quantitative estimate of drug-likeness (QED) is 0.789. The number of rotatable bonds is 5. The molecule has 1 fully saturated rings. The number of carbonyl (C=O) groups is 1. The zero-order valence-electron chi connectivity index (χ0n) is 15.8. The lowest BCUT2D eigenvalue weighted by Crippen LogP contribution is -2.35. The monoisotopic (exact) mass is 352 g/mol. The predicted molar refractivity (Wildman–Crippen MR) is 103 cm³/mol. The molecular weight excluding hydrogens is 324 g/mol. The van der Waals surface area contributed by atoms with E-state index in [4.69, 9.17) is 4.74 Å². The topological polar surface area (TPSA) is 42.4 Å². The fraction of sp³-hybridized carbons (Fsp3) is 0.455. The standard InChI is InChI=1S/C22H28N2O2/c1-17-7-8-21(18(2)16-17)26-15-11-22(25)24-14-5-3-4-6-20(24)19-9-12-23-13-10-19/h7-10,12-13,16,20H,3-6,11,14-15H2,1-2H3. The maximum atomic E-state index is 12.9. The summed E-state index contributed by atoms with van der Waals surface area (Å²) in [6, 6.07) is 10.4. The van der Waals surface area contributed by atoms with Crippen LogP contribution < -0.4 is 4.74 Å². The highest BCUT2D eigenvalue weighted by atomic mass is 16.5. The molecule has 26 heavy (non-hydrogen) atoms. The Bertz CT molecular complexity index is 730. The summed E-state index contributed by atoms with van der Waals surface area (Å²) in [7, 11) is 0. The van der Waals surface area contributed by atoms with Gasteiger partial charge in [0.2, 0.25) is 5.91 Å². The molecule has 0 N–H and O–H groups in total. The van der Waals surface area contributed by atoms with Crippen molar-refractivity contribution < 1.29 is 9.53 Å².